The molecule has 3 rings (SSSR count). The van der Waals surface area contributed by atoms with Crippen molar-refractivity contribution in [2.75, 3.05) is 13.7 Å². The lowest BCUT2D eigenvalue weighted by Crippen LogP contribution is -2.29. The van der Waals surface area contributed by atoms with Crippen LogP contribution in [0.15, 0.2) is 30.3 Å². The molecule has 2 aliphatic rings. The van der Waals surface area contributed by atoms with Crippen molar-refractivity contribution in [2.24, 2.45) is 11.3 Å². The van der Waals surface area contributed by atoms with E-state index in [9.17, 15) is 4.79 Å². The lowest BCUT2D eigenvalue weighted by atomic mass is 10.0. The summed E-state index contributed by atoms with van der Waals surface area (Å²) in [6.45, 7) is 2.89. The van der Waals surface area contributed by atoms with Crippen LogP contribution in [-0.4, -0.2) is 24.6 Å². The summed E-state index contributed by atoms with van der Waals surface area (Å²) in [7, 11) is 1.56. The molecule has 1 aromatic rings. The fourth-order valence-electron chi connectivity index (χ4n) is 3.12. The number of amides is 1. The first kappa shape index (κ1) is 9.85. The molecule has 1 aliphatic heterocycles. The van der Waals surface area contributed by atoms with E-state index in [-0.39, 0.29) is 17.2 Å². The van der Waals surface area contributed by atoms with Crippen molar-refractivity contribution in [1.82, 2.24) is 5.06 Å². The smallest absolute Gasteiger partial charge is 0.250 e. The maximum atomic E-state index is 12.0. The third-order valence-electron chi connectivity index (χ3n) is 4.02. The van der Waals surface area contributed by atoms with E-state index in [4.69, 9.17) is 4.84 Å². The number of hydroxylamine groups is 2. The maximum absolute atomic E-state index is 12.0. The van der Waals surface area contributed by atoms with Crippen molar-refractivity contribution >= 4 is 5.91 Å². The minimum absolute atomic E-state index is 0.0778. The first-order valence-electron chi connectivity index (χ1n) is 5.59. The van der Waals surface area contributed by atoms with Gasteiger partial charge in [0.25, 0.3) is 5.91 Å². The van der Waals surface area contributed by atoms with Gasteiger partial charge in [-0.3, -0.25) is 9.63 Å². The molecule has 0 bridgehead atoms. The zero-order valence-corrected chi connectivity index (χ0v) is 9.51. The van der Waals surface area contributed by atoms with E-state index in [0.29, 0.717) is 12.5 Å². The molecule has 1 saturated carbocycles. The number of benzene rings is 1. The highest BCUT2D eigenvalue weighted by atomic mass is 16.7. The van der Waals surface area contributed by atoms with Crippen molar-refractivity contribution in [2.45, 2.75) is 12.8 Å². The summed E-state index contributed by atoms with van der Waals surface area (Å²) in [5.74, 6) is 0.640. The monoisotopic (exact) mass is 217 g/mol. The highest BCUT2D eigenvalue weighted by Crippen LogP contribution is 2.68. The van der Waals surface area contributed by atoms with Gasteiger partial charge in [-0.1, -0.05) is 37.3 Å². The summed E-state index contributed by atoms with van der Waals surface area (Å²) >= 11 is 0. The van der Waals surface area contributed by atoms with E-state index < -0.39 is 0 Å². The van der Waals surface area contributed by atoms with Crippen molar-refractivity contribution in [3.63, 3.8) is 0 Å². The summed E-state index contributed by atoms with van der Waals surface area (Å²) in [6, 6.07) is 10.3. The molecule has 3 nitrogen and oxygen atoms in total. The van der Waals surface area contributed by atoms with Crippen LogP contribution in [0.1, 0.15) is 18.4 Å². The van der Waals surface area contributed by atoms with E-state index in [1.807, 2.05) is 18.2 Å². The van der Waals surface area contributed by atoms with Gasteiger partial charge >= 0.3 is 0 Å². The Kier molecular flexibility index (Phi) is 1.89. The van der Waals surface area contributed by atoms with Crippen LogP contribution in [0.2, 0.25) is 0 Å². The number of hydrogen-bond donors (Lipinski definition) is 0. The second-order valence-corrected chi connectivity index (χ2v) is 4.93. The largest absolute Gasteiger partial charge is 0.274 e. The van der Waals surface area contributed by atoms with Gasteiger partial charge in [-0.25, -0.2) is 5.06 Å². The van der Waals surface area contributed by atoms with Crippen molar-refractivity contribution in [1.29, 1.82) is 0 Å². The molecular weight excluding hydrogens is 202 g/mol. The van der Waals surface area contributed by atoms with Crippen LogP contribution in [0.25, 0.3) is 0 Å². The molecule has 1 heterocycles. The standard InChI is InChI=1S/C13H15NO2/c1-13-8-14(16-2)12(15)11(13)10(13)9-6-4-3-5-7-9/h3-7,10-11H,8H2,1-2H3. The third kappa shape index (κ3) is 1.09. The molecule has 84 valence electrons. The molecule has 3 unspecified atom stereocenters. The molecular formula is C13H15NO2. The highest BCUT2D eigenvalue weighted by molar-refractivity contribution is 5.87. The minimum atomic E-state index is 0.0778. The topological polar surface area (TPSA) is 29.5 Å². The number of nitrogens with zero attached hydrogens (tertiary/aromatic N) is 1. The summed E-state index contributed by atoms with van der Waals surface area (Å²) in [5.41, 5.74) is 1.35. The lowest BCUT2D eigenvalue weighted by Gasteiger charge is -2.19. The van der Waals surface area contributed by atoms with Crippen LogP contribution < -0.4 is 0 Å². The zero-order chi connectivity index (χ0) is 11.3. The Bertz CT molecular complexity index is 431. The summed E-state index contributed by atoms with van der Waals surface area (Å²) < 4.78 is 0. The van der Waals surface area contributed by atoms with Crippen LogP contribution >= 0.6 is 0 Å². The number of hydrogen-bond acceptors (Lipinski definition) is 2. The van der Waals surface area contributed by atoms with Gasteiger partial charge in [-0.15, -0.1) is 0 Å². The summed E-state index contributed by atoms with van der Waals surface area (Å²) in [4.78, 5) is 17.0. The molecule has 16 heavy (non-hydrogen) atoms. The molecule has 0 aromatic heterocycles. The summed E-state index contributed by atoms with van der Waals surface area (Å²) in [6.07, 6.45) is 0. The van der Waals surface area contributed by atoms with Crippen molar-refractivity contribution < 1.29 is 9.63 Å². The van der Waals surface area contributed by atoms with E-state index in [1.165, 1.54) is 10.6 Å². The van der Waals surface area contributed by atoms with Crippen LogP contribution in [0.4, 0.5) is 0 Å². The fraction of sp³-hybridized carbons (Fsp3) is 0.462. The second-order valence-electron chi connectivity index (χ2n) is 4.93. The van der Waals surface area contributed by atoms with Gasteiger partial charge in [-0.05, 0) is 5.56 Å². The quantitative estimate of drug-likeness (QED) is 0.756. The number of rotatable bonds is 2. The highest BCUT2D eigenvalue weighted by Gasteiger charge is 2.71. The maximum Gasteiger partial charge on any atom is 0.250 e. The fourth-order valence-corrected chi connectivity index (χ4v) is 3.12. The summed E-state index contributed by atoms with van der Waals surface area (Å²) in [5, 5.41) is 1.49. The predicted octanol–water partition coefficient (Wildman–Crippen LogP) is 1.81. The van der Waals surface area contributed by atoms with Gasteiger partial charge in [0.15, 0.2) is 0 Å². The Morgan fingerprint density at radius 2 is 2.00 bits per heavy atom. The molecule has 3 atom stereocenters. The van der Waals surface area contributed by atoms with E-state index in [0.717, 1.165) is 0 Å². The molecule has 0 radical (unpaired) electrons. The number of carbonyl (C=O) groups is 1. The molecule has 3 heteroatoms. The lowest BCUT2D eigenvalue weighted by molar-refractivity contribution is -0.172. The molecule has 1 amide bonds. The normalized spacial score (nSPS) is 36.4. The number of carbonyl (C=O) groups excluding carboxylic acids is 1. The number of piperidine rings is 1. The van der Waals surface area contributed by atoms with Crippen LogP contribution in [-0.2, 0) is 9.63 Å². The second kappa shape index (κ2) is 3.08. The number of fused-ring (bicyclic) bond motifs is 1. The first-order chi connectivity index (χ1) is 7.68. The first-order valence-corrected chi connectivity index (χ1v) is 5.59. The minimum Gasteiger partial charge on any atom is -0.274 e. The van der Waals surface area contributed by atoms with Crippen LogP contribution in [0.5, 0.6) is 0 Å². The van der Waals surface area contributed by atoms with Crippen LogP contribution in [0, 0.1) is 11.3 Å². The third-order valence-corrected chi connectivity index (χ3v) is 4.02. The predicted molar refractivity (Wildman–Crippen MR) is 59.5 cm³/mol. The van der Waals surface area contributed by atoms with E-state index in [1.54, 1.807) is 7.11 Å². The van der Waals surface area contributed by atoms with Gasteiger partial charge in [0.1, 0.15) is 0 Å². The van der Waals surface area contributed by atoms with Gasteiger partial charge in [-0.2, -0.15) is 0 Å². The molecule has 0 spiro atoms. The van der Waals surface area contributed by atoms with Gasteiger partial charge in [0.05, 0.1) is 19.6 Å². The Hall–Kier alpha value is -1.35. The molecule has 0 N–H and O–H groups in total. The van der Waals surface area contributed by atoms with Gasteiger partial charge < -0.3 is 0 Å². The SMILES string of the molecule is CON1CC2(C)C(C1=O)C2c1ccccc1. The molecule has 1 saturated heterocycles. The average Bonchev–Trinajstić information content (AvgIpc) is 2.84. The molecule has 2 fully saturated rings. The Balaban J connectivity index is 1.88. The van der Waals surface area contributed by atoms with Crippen molar-refractivity contribution in [3.8, 4) is 0 Å². The van der Waals surface area contributed by atoms with Gasteiger partial charge in [0, 0.05) is 11.3 Å². The Morgan fingerprint density at radius 3 is 2.50 bits per heavy atom. The van der Waals surface area contributed by atoms with E-state index in [2.05, 4.69) is 19.1 Å². The Labute approximate surface area is 95.0 Å². The average molecular weight is 217 g/mol. The zero-order valence-electron chi connectivity index (χ0n) is 9.51. The molecule has 1 aliphatic carbocycles. The Morgan fingerprint density at radius 1 is 1.31 bits per heavy atom. The van der Waals surface area contributed by atoms with E-state index >= 15 is 0 Å². The van der Waals surface area contributed by atoms with Crippen LogP contribution in [0.3, 0.4) is 0 Å². The van der Waals surface area contributed by atoms with Crippen molar-refractivity contribution in [3.05, 3.63) is 35.9 Å². The molecule has 1 aromatic carbocycles. The van der Waals surface area contributed by atoms with Gasteiger partial charge in [0.2, 0.25) is 0 Å².